The average Bonchev–Trinajstić information content (AvgIpc) is 3.32. The highest BCUT2D eigenvalue weighted by atomic mass is 32.1. The SMILES string of the molecule is CC1=NN(c2nc(-c3ccc(C)cc3)cs2)C(=O)[C@H]1N=Nc1ccccc1[N+](=O)[O-]. The van der Waals surface area contributed by atoms with Gasteiger partial charge in [0.25, 0.3) is 11.6 Å². The maximum atomic E-state index is 12.8. The Hall–Kier alpha value is -3.79. The number of carbonyl (C=O) groups is 1. The molecule has 30 heavy (non-hydrogen) atoms. The lowest BCUT2D eigenvalue weighted by Crippen LogP contribution is -2.29. The van der Waals surface area contributed by atoms with E-state index in [9.17, 15) is 14.9 Å². The molecule has 0 bridgehead atoms. The number of para-hydroxylation sites is 1. The highest BCUT2D eigenvalue weighted by Gasteiger charge is 2.36. The van der Waals surface area contributed by atoms with E-state index in [0.29, 0.717) is 10.8 Å². The Bertz CT molecular complexity index is 1190. The summed E-state index contributed by atoms with van der Waals surface area (Å²) in [6.45, 7) is 3.67. The van der Waals surface area contributed by atoms with Crippen LogP contribution in [0, 0.1) is 17.0 Å². The van der Waals surface area contributed by atoms with Crippen LogP contribution in [-0.4, -0.2) is 27.6 Å². The van der Waals surface area contributed by atoms with Crippen LogP contribution < -0.4 is 5.01 Å². The number of azo groups is 1. The second-order valence-corrected chi connectivity index (χ2v) is 7.47. The Balaban J connectivity index is 1.56. The second-order valence-electron chi connectivity index (χ2n) is 6.64. The molecule has 1 aromatic heterocycles. The third-order valence-electron chi connectivity index (χ3n) is 4.48. The van der Waals surface area contributed by atoms with Gasteiger partial charge in [0.2, 0.25) is 5.13 Å². The molecule has 10 heteroatoms. The van der Waals surface area contributed by atoms with Crippen LogP contribution in [-0.2, 0) is 4.79 Å². The van der Waals surface area contributed by atoms with Gasteiger partial charge in [-0.3, -0.25) is 14.9 Å². The smallest absolute Gasteiger partial charge is 0.269 e. The van der Waals surface area contributed by atoms with Crippen LogP contribution in [0.25, 0.3) is 11.3 Å². The molecular formula is C20H16N6O3S. The third-order valence-corrected chi connectivity index (χ3v) is 5.29. The van der Waals surface area contributed by atoms with E-state index >= 15 is 0 Å². The maximum Gasteiger partial charge on any atom is 0.296 e. The van der Waals surface area contributed by atoms with Gasteiger partial charge in [-0.15, -0.1) is 16.5 Å². The number of carbonyl (C=O) groups excluding carboxylic acids is 1. The number of hydrazone groups is 1. The van der Waals surface area contributed by atoms with Crippen molar-refractivity contribution in [3.05, 3.63) is 69.6 Å². The molecule has 1 aliphatic rings. The predicted molar refractivity (Wildman–Crippen MR) is 114 cm³/mol. The Morgan fingerprint density at radius 1 is 1.13 bits per heavy atom. The first-order chi connectivity index (χ1) is 14.4. The highest BCUT2D eigenvalue weighted by molar-refractivity contribution is 7.14. The van der Waals surface area contributed by atoms with Gasteiger partial charge in [-0.2, -0.15) is 15.2 Å². The van der Waals surface area contributed by atoms with E-state index in [4.69, 9.17) is 0 Å². The molecular weight excluding hydrogens is 404 g/mol. The van der Waals surface area contributed by atoms with Crippen molar-refractivity contribution in [1.29, 1.82) is 0 Å². The number of hydrogen-bond acceptors (Lipinski definition) is 8. The molecule has 0 radical (unpaired) electrons. The summed E-state index contributed by atoms with van der Waals surface area (Å²) >= 11 is 1.30. The number of benzene rings is 2. The third kappa shape index (κ3) is 3.72. The molecule has 4 rings (SSSR count). The molecule has 3 aromatic rings. The lowest BCUT2D eigenvalue weighted by molar-refractivity contribution is -0.384. The van der Waals surface area contributed by atoms with Crippen LogP contribution in [0.5, 0.6) is 0 Å². The zero-order valence-corrected chi connectivity index (χ0v) is 16.9. The Kier molecular flexibility index (Phi) is 5.15. The minimum atomic E-state index is -0.948. The molecule has 2 aromatic carbocycles. The summed E-state index contributed by atoms with van der Waals surface area (Å²) in [5.41, 5.74) is 3.19. The summed E-state index contributed by atoms with van der Waals surface area (Å²) in [5.74, 6) is -0.403. The molecule has 1 amide bonds. The van der Waals surface area contributed by atoms with Gasteiger partial charge < -0.3 is 0 Å². The molecule has 0 saturated carbocycles. The number of amides is 1. The van der Waals surface area contributed by atoms with Gasteiger partial charge in [0.15, 0.2) is 11.7 Å². The number of nitro groups is 1. The predicted octanol–water partition coefficient (Wildman–Crippen LogP) is 4.90. The van der Waals surface area contributed by atoms with Crippen LogP contribution in [0.1, 0.15) is 12.5 Å². The minimum Gasteiger partial charge on any atom is -0.269 e. The average molecular weight is 420 g/mol. The number of nitro benzene ring substituents is 1. The summed E-state index contributed by atoms with van der Waals surface area (Å²) < 4.78 is 0. The van der Waals surface area contributed by atoms with E-state index in [1.54, 1.807) is 19.1 Å². The normalized spacial score (nSPS) is 16.3. The van der Waals surface area contributed by atoms with Gasteiger partial charge in [-0.1, -0.05) is 42.0 Å². The topological polar surface area (TPSA) is 113 Å². The molecule has 0 spiro atoms. The molecule has 0 saturated heterocycles. The van der Waals surface area contributed by atoms with E-state index < -0.39 is 16.9 Å². The Morgan fingerprint density at radius 2 is 1.87 bits per heavy atom. The molecule has 0 aliphatic carbocycles. The first-order valence-electron chi connectivity index (χ1n) is 9.00. The quantitative estimate of drug-likeness (QED) is 0.332. The zero-order valence-electron chi connectivity index (χ0n) is 16.1. The molecule has 1 atom stereocenters. The number of anilines is 1. The van der Waals surface area contributed by atoms with Crippen LogP contribution in [0.4, 0.5) is 16.5 Å². The van der Waals surface area contributed by atoms with Crippen molar-refractivity contribution in [2.45, 2.75) is 19.9 Å². The summed E-state index contributed by atoms with van der Waals surface area (Å²) in [5, 5.41) is 26.9. The fourth-order valence-electron chi connectivity index (χ4n) is 2.87. The van der Waals surface area contributed by atoms with Crippen LogP contribution in [0.3, 0.4) is 0 Å². The zero-order chi connectivity index (χ0) is 21.3. The van der Waals surface area contributed by atoms with E-state index in [1.165, 1.54) is 28.5 Å². The monoisotopic (exact) mass is 420 g/mol. The van der Waals surface area contributed by atoms with Gasteiger partial charge in [0, 0.05) is 17.0 Å². The lowest BCUT2D eigenvalue weighted by Gasteiger charge is -2.08. The van der Waals surface area contributed by atoms with Gasteiger partial charge in [-0.25, -0.2) is 4.98 Å². The lowest BCUT2D eigenvalue weighted by atomic mass is 10.1. The number of hydrogen-bond donors (Lipinski definition) is 0. The maximum absolute atomic E-state index is 12.8. The van der Waals surface area contributed by atoms with Gasteiger partial charge in [-0.05, 0) is 19.9 Å². The summed E-state index contributed by atoms with van der Waals surface area (Å²) in [6.07, 6.45) is 0. The summed E-state index contributed by atoms with van der Waals surface area (Å²) in [4.78, 5) is 27.9. The molecule has 0 unspecified atom stereocenters. The first kappa shape index (κ1) is 19.5. The molecule has 2 heterocycles. The minimum absolute atomic E-state index is 0.0810. The van der Waals surface area contributed by atoms with E-state index in [1.807, 2.05) is 36.6 Å². The van der Waals surface area contributed by atoms with Gasteiger partial charge >= 0.3 is 0 Å². The van der Waals surface area contributed by atoms with Crippen molar-refractivity contribution >= 4 is 39.5 Å². The highest BCUT2D eigenvalue weighted by Crippen LogP contribution is 2.32. The number of thiazole rings is 1. The number of aromatic nitrogens is 1. The standard InChI is InChI=1S/C20H16N6O3S/c1-12-7-9-14(10-8-12)16-11-30-20(21-16)25-19(27)18(13(2)24-25)23-22-15-5-3-4-6-17(15)26(28)29/h3-11,18H,1-2H3/t18-/m0/s1. The van der Waals surface area contributed by atoms with Crippen molar-refractivity contribution in [3.63, 3.8) is 0 Å². The van der Waals surface area contributed by atoms with Crippen molar-refractivity contribution in [3.8, 4) is 11.3 Å². The molecule has 0 fully saturated rings. The van der Waals surface area contributed by atoms with Crippen LogP contribution in [0.15, 0.2) is 69.2 Å². The van der Waals surface area contributed by atoms with Crippen LogP contribution in [0.2, 0.25) is 0 Å². The van der Waals surface area contributed by atoms with Gasteiger partial charge in [0.05, 0.1) is 16.3 Å². The van der Waals surface area contributed by atoms with Crippen molar-refractivity contribution < 1.29 is 9.72 Å². The van der Waals surface area contributed by atoms with E-state index in [2.05, 4.69) is 20.3 Å². The first-order valence-corrected chi connectivity index (χ1v) is 9.88. The fraction of sp³-hybridized carbons (Fsp3) is 0.150. The fourth-order valence-corrected chi connectivity index (χ4v) is 3.66. The Morgan fingerprint density at radius 3 is 2.60 bits per heavy atom. The van der Waals surface area contributed by atoms with Gasteiger partial charge in [0.1, 0.15) is 0 Å². The second kappa shape index (κ2) is 7.91. The summed E-state index contributed by atoms with van der Waals surface area (Å²) in [6, 6.07) is 13.0. The van der Waals surface area contributed by atoms with Crippen molar-refractivity contribution in [1.82, 2.24) is 4.98 Å². The largest absolute Gasteiger partial charge is 0.296 e. The van der Waals surface area contributed by atoms with Crippen LogP contribution >= 0.6 is 11.3 Å². The van der Waals surface area contributed by atoms with Crippen molar-refractivity contribution in [2.24, 2.45) is 15.3 Å². The molecule has 1 aliphatic heterocycles. The van der Waals surface area contributed by atoms with E-state index in [-0.39, 0.29) is 11.4 Å². The molecule has 150 valence electrons. The molecule has 9 nitrogen and oxygen atoms in total. The number of aryl methyl sites for hydroxylation is 1. The number of nitrogens with zero attached hydrogens (tertiary/aromatic N) is 6. The Labute approximate surface area is 175 Å². The summed E-state index contributed by atoms with van der Waals surface area (Å²) in [7, 11) is 0. The molecule has 0 N–H and O–H groups in total. The van der Waals surface area contributed by atoms with E-state index in [0.717, 1.165) is 16.8 Å². The number of rotatable bonds is 5. The van der Waals surface area contributed by atoms with Crippen molar-refractivity contribution in [2.75, 3.05) is 5.01 Å².